The van der Waals surface area contributed by atoms with Gasteiger partial charge in [0, 0.05) is 25.0 Å². The Balaban J connectivity index is 1.89. The third kappa shape index (κ3) is 4.10. The number of carbonyl (C=O) groups is 1. The second-order valence-electron chi connectivity index (χ2n) is 5.79. The van der Waals surface area contributed by atoms with E-state index in [2.05, 4.69) is 41.6 Å². The maximum atomic E-state index is 12.1. The predicted octanol–water partition coefficient (Wildman–Crippen LogP) is 2.95. The zero-order chi connectivity index (χ0) is 16.1. The van der Waals surface area contributed by atoms with Crippen LogP contribution in [0.15, 0.2) is 36.9 Å². The Morgan fingerprint density at radius 3 is 2.73 bits per heavy atom. The van der Waals surface area contributed by atoms with Crippen molar-refractivity contribution in [3.8, 4) is 0 Å². The number of nitrogens with zero attached hydrogens (tertiary/aromatic N) is 2. The summed E-state index contributed by atoms with van der Waals surface area (Å²) in [5.41, 5.74) is 3.61. The zero-order valence-electron chi connectivity index (χ0n) is 13.6. The fourth-order valence-electron chi connectivity index (χ4n) is 2.54. The molecule has 22 heavy (non-hydrogen) atoms. The van der Waals surface area contributed by atoms with Crippen LogP contribution in [0, 0.1) is 13.8 Å². The molecule has 5 heteroatoms. The molecule has 2 rings (SSSR count). The molecule has 0 aliphatic heterocycles. The van der Waals surface area contributed by atoms with Crippen molar-refractivity contribution in [1.29, 1.82) is 0 Å². The van der Waals surface area contributed by atoms with E-state index in [9.17, 15) is 4.79 Å². The van der Waals surface area contributed by atoms with Crippen molar-refractivity contribution in [3.63, 3.8) is 0 Å². The average Bonchev–Trinajstić information content (AvgIpc) is 2.94. The minimum absolute atomic E-state index is 0.0275. The molecule has 1 aromatic heterocycles. The Labute approximate surface area is 131 Å². The van der Waals surface area contributed by atoms with Crippen molar-refractivity contribution in [2.24, 2.45) is 0 Å². The van der Waals surface area contributed by atoms with Gasteiger partial charge in [-0.05, 0) is 44.4 Å². The molecule has 2 amide bonds. The van der Waals surface area contributed by atoms with Gasteiger partial charge in [0.05, 0.1) is 12.4 Å². The van der Waals surface area contributed by atoms with Crippen LogP contribution < -0.4 is 10.6 Å². The first-order valence-corrected chi connectivity index (χ1v) is 7.56. The number of carbonyl (C=O) groups excluding carboxylic acids is 1. The summed E-state index contributed by atoms with van der Waals surface area (Å²) in [6.07, 6.45) is 5.36. The Bertz CT molecular complexity index is 622. The Kier molecular flexibility index (Phi) is 5.20. The summed E-state index contributed by atoms with van der Waals surface area (Å²) in [4.78, 5) is 16.1. The lowest BCUT2D eigenvalue weighted by Crippen LogP contribution is -2.43. The molecule has 0 saturated carbocycles. The molecular formula is C17H24N4O. The summed E-state index contributed by atoms with van der Waals surface area (Å²) in [5, 5.41) is 5.95. The molecule has 118 valence electrons. The fraction of sp³-hybridized carbons (Fsp3) is 0.412. The number of aromatic nitrogens is 2. The molecule has 2 N–H and O–H groups in total. The minimum atomic E-state index is -0.152. The van der Waals surface area contributed by atoms with Gasteiger partial charge >= 0.3 is 6.03 Å². The van der Waals surface area contributed by atoms with E-state index in [4.69, 9.17) is 0 Å². The molecule has 2 aromatic rings. The minimum Gasteiger partial charge on any atom is -0.335 e. The van der Waals surface area contributed by atoms with Crippen LogP contribution in [0.4, 0.5) is 4.79 Å². The first-order valence-electron chi connectivity index (χ1n) is 7.56. The summed E-state index contributed by atoms with van der Waals surface area (Å²) >= 11 is 0. The van der Waals surface area contributed by atoms with Crippen molar-refractivity contribution in [1.82, 2.24) is 20.2 Å². The molecule has 0 saturated heterocycles. The zero-order valence-corrected chi connectivity index (χ0v) is 13.6. The SMILES string of the molecule is Cc1cccc([C@H](C)NC(=O)N[C@H](C)Cn2ccnc2)c1C. The molecule has 0 spiro atoms. The van der Waals surface area contributed by atoms with Crippen LogP contribution in [0.2, 0.25) is 0 Å². The van der Waals surface area contributed by atoms with Gasteiger partial charge < -0.3 is 15.2 Å². The van der Waals surface area contributed by atoms with E-state index < -0.39 is 0 Å². The van der Waals surface area contributed by atoms with Crippen LogP contribution in [0.25, 0.3) is 0 Å². The summed E-state index contributed by atoms with van der Waals surface area (Å²) in [6.45, 7) is 8.84. The molecule has 5 nitrogen and oxygen atoms in total. The monoisotopic (exact) mass is 300 g/mol. The molecule has 1 aromatic carbocycles. The lowest BCUT2D eigenvalue weighted by molar-refractivity contribution is 0.233. The van der Waals surface area contributed by atoms with Crippen LogP contribution in [0.1, 0.15) is 36.6 Å². The molecule has 0 fully saturated rings. The molecule has 0 aliphatic rings. The summed E-state index contributed by atoms with van der Waals surface area (Å²) in [6, 6.07) is 6.01. The molecule has 2 atom stereocenters. The van der Waals surface area contributed by atoms with E-state index in [0.29, 0.717) is 6.54 Å². The summed E-state index contributed by atoms with van der Waals surface area (Å²) in [5.74, 6) is 0. The molecule has 0 unspecified atom stereocenters. The third-order valence-corrected chi connectivity index (χ3v) is 3.88. The number of nitrogens with one attached hydrogen (secondary N) is 2. The number of rotatable bonds is 5. The maximum absolute atomic E-state index is 12.1. The number of benzene rings is 1. The number of imidazole rings is 1. The van der Waals surface area contributed by atoms with E-state index in [-0.39, 0.29) is 18.1 Å². The molecular weight excluding hydrogens is 276 g/mol. The standard InChI is InChI=1S/C17H24N4O/c1-12-6-5-7-16(14(12)3)15(4)20-17(22)19-13(2)10-21-9-8-18-11-21/h5-9,11,13,15H,10H2,1-4H3,(H2,19,20,22)/t13-,15+/m1/s1. The number of hydrogen-bond donors (Lipinski definition) is 2. The number of urea groups is 1. The van der Waals surface area contributed by atoms with Gasteiger partial charge in [0.25, 0.3) is 0 Å². The Morgan fingerprint density at radius 2 is 2.05 bits per heavy atom. The van der Waals surface area contributed by atoms with Crippen molar-refractivity contribution in [2.45, 2.75) is 46.3 Å². The Hall–Kier alpha value is -2.30. The van der Waals surface area contributed by atoms with E-state index in [1.165, 1.54) is 11.1 Å². The van der Waals surface area contributed by atoms with Gasteiger partial charge in [0.2, 0.25) is 0 Å². The van der Waals surface area contributed by atoms with Crippen molar-refractivity contribution in [2.75, 3.05) is 0 Å². The topological polar surface area (TPSA) is 59.0 Å². The van der Waals surface area contributed by atoms with Crippen LogP contribution in [0.5, 0.6) is 0 Å². The largest absolute Gasteiger partial charge is 0.335 e. The van der Waals surface area contributed by atoms with Crippen LogP contribution >= 0.6 is 0 Å². The molecule has 0 aliphatic carbocycles. The average molecular weight is 300 g/mol. The first-order chi connectivity index (χ1) is 10.5. The molecule has 0 bridgehead atoms. The molecule has 1 heterocycles. The third-order valence-electron chi connectivity index (χ3n) is 3.88. The second kappa shape index (κ2) is 7.11. The van der Waals surface area contributed by atoms with Gasteiger partial charge in [-0.1, -0.05) is 18.2 Å². The summed E-state index contributed by atoms with van der Waals surface area (Å²) in [7, 11) is 0. The number of hydrogen-bond acceptors (Lipinski definition) is 2. The van der Waals surface area contributed by atoms with Gasteiger partial charge in [-0.3, -0.25) is 0 Å². The van der Waals surface area contributed by atoms with Gasteiger partial charge in [0.1, 0.15) is 0 Å². The van der Waals surface area contributed by atoms with E-state index >= 15 is 0 Å². The smallest absolute Gasteiger partial charge is 0.315 e. The maximum Gasteiger partial charge on any atom is 0.315 e. The van der Waals surface area contributed by atoms with E-state index in [1.54, 1.807) is 12.5 Å². The van der Waals surface area contributed by atoms with E-state index in [1.807, 2.05) is 30.7 Å². The van der Waals surface area contributed by atoms with Gasteiger partial charge in [0.15, 0.2) is 0 Å². The van der Waals surface area contributed by atoms with Gasteiger partial charge in [-0.15, -0.1) is 0 Å². The highest BCUT2D eigenvalue weighted by Crippen LogP contribution is 2.19. The lowest BCUT2D eigenvalue weighted by Gasteiger charge is -2.20. The van der Waals surface area contributed by atoms with Gasteiger partial charge in [-0.25, -0.2) is 9.78 Å². The number of amides is 2. The quantitative estimate of drug-likeness (QED) is 0.892. The number of aryl methyl sites for hydroxylation is 1. The Morgan fingerprint density at radius 1 is 1.27 bits per heavy atom. The van der Waals surface area contributed by atoms with E-state index in [0.717, 1.165) is 5.56 Å². The van der Waals surface area contributed by atoms with Crippen LogP contribution in [0.3, 0.4) is 0 Å². The first kappa shape index (κ1) is 16.1. The lowest BCUT2D eigenvalue weighted by atomic mass is 9.98. The van der Waals surface area contributed by atoms with Crippen molar-refractivity contribution in [3.05, 3.63) is 53.6 Å². The van der Waals surface area contributed by atoms with Crippen molar-refractivity contribution < 1.29 is 4.79 Å². The fourth-order valence-corrected chi connectivity index (χ4v) is 2.54. The molecule has 0 radical (unpaired) electrons. The summed E-state index contributed by atoms with van der Waals surface area (Å²) < 4.78 is 1.94. The predicted molar refractivity (Wildman–Crippen MR) is 87.7 cm³/mol. The van der Waals surface area contributed by atoms with Crippen LogP contribution in [-0.2, 0) is 6.54 Å². The van der Waals surface area contributed by atoms with Crippen molar-refractivity contribution >= 4 is 6.03 Å². The normalized spacial score (nSPS) is 13.5. The van der Waals surface area contributed by atoms with Gasteiger partial charge in [-0.2, -0.15) is 0 Å². The highest BCUT2D eigenvalue weighted by molar-refractivity contribution is 5.74. The highest BCUT2D eigenvalue weighted by Gasteiger charge is 2.14. The van der Waals surface area contributed by atoms with Crippen LogP contribution in [-0.4, -0.2) is 21.6 Å². The highest BCUT2D eigenvalue weighted by atomic mass is 16.2. The second-order valence-corrected chi connectivity index (χ2v) is 5.79.